The number of amides is 2. The molecule has 204 valence electrons. The Balaban J connectivity index is 1.09. The molecular weight excluding hydrogens is 460 g/mol. The SMILES string of the molecule is CC1(C)CC(NC(=O)OC2CCN3CCN2CC3)CC(C)(CNC(=O)OCC2CN3CCN2CC3)C1. The largest absolute Gasteiger partial charge is 0.448 e. The van der Waals surface area contributed by atoms with Crippen LogP contribution in [0.5, 0.6) is 0 Å². The molecule has 7 rings (SSSR count). The molecule has 1 saturated carbocycles. The first-order valence-corrected chi connectivity index (χ1v) is 14.0. The molecule has 4 unspecified atom stereocenters. The molecule has 6 saturated heterocycles. The van der Waals surface area contributed by atoms with Gasteiger partial charge in [0.05, 0.1) is 6.04 Å². The number of carbonyl (C=O) groups excluding carboxylic acids is 2. The van der Waals surface area contributed by atoms with E-state index in [-0.39, 0.29) is 35.3 Å². The van der Waals surface area contributed by atoms with Crippen LogP contribution in [0.2, 0.25) is 0 Å². The van der Waals surface area contributed by atoms with Gasteiger partial charge in [-0.2, -0.15) is 0 Å². The number of rotatable bonds is 6. The van der Waals surface area contributed by atoms with E-state index in [1.54, 1.807) is 0 Å². The highest BCUT2D eigenvalue weighted by Crippen LogP contribution is 2.45. The smallest absolute Gasteiger partial charge is 0.408 e. The third-order valence-corrected chi connectivity index (χ3v) is 8.97. The number of fused-ring (bicyclic) bond motifs is 7. The standard InChI is InChI=1S/C26H46N6O4/c1-25(2)14-20(28-24(34)36-22-4-5-29-6-12-32(22)13-7-29)15-26(3,18-25)19-27-23(33)35-17-21-16-30-8-10-31(21)11-9-30/h20-22H,4-19H2,1-3H3,(H,27,33)(H,28,34). The normalized spacial score (nSPS) is 41.2. The number of piperazine rings is 4. The summed E-state index contributed by atoms with van der Waals surface area (Å²) in [6.07, 6.45) is 2.76. The Bertz CT molecular complexity index is 795. The van der Waals surface area contributed by atoms with E-state index in [4.69, 9.17) is 9.47 Å². The molecule has 0 aromatic rings. The highest BCUT2D eigenvalue weighted by Gasteiger charge is 2.42. The third-order valence-electron chi connectivity index (χ3n) is 8.97. The minimum atomic E-state index is -0.339. The van der Waals surface area contributed by atoms with E-state index in [0.29, 0.717) is 19.2 Å². The number of ether oxygens (including phenoxy) is 2. The molecule has 2 amide bonds. The second kappa shape index (κ2) is 10.6. The van der Waals surface area contributed by atoms with Crippen molar-refractivity contribution in [3.05, 3.63) is 0 Å². The van der Waals surface area contributed by atoms with Crippen molar-refractivity contribution in [3.8, 4) is 0 Å². The molecule has 0 radical (unpaired) electrons. The Labute approximate surface area is 216 Å². The predicted molar refractivity (Wildman–Crippen MR) is 137 cm³/mol. The maximum Gasteiger partial charge on any atom is 0.408 e. The highest BCUT2D eigenvalue weighted by molar-refractivity contribution is 5.68. The zero-order valence-electron chi connectivity index (χ0n) is 22.5. The first-order valence-electron chi connectivity index (χ1n) is 14.0. The van der Waals surface area contributed by atoms with E-state index in [1.807, 2.05) is 0 Å². The molecule has 0 aromatic heterocycles. The van der Waals surface area contributed by atoms with E-state index in [0.717, 1.165) is 91.1 Å². The first kappa shape index (κ1) is 26.0. The van der Waals surface area contributed by atoms with Gasteiger partial charge in [0, 0.05) is 84.5 Å². The van der Waals surface area contributed by atoms with Gasteiger partial charge in [-0.15, -0.1) is 0 Å². The van der Waals surface area contributed by atoms with Crippen molar-refractivity contribution in [1.82, 2.24) is 30.2 Å². The average molecular weight is 507 g/mol. The molecule has 36 heavy (non-hydrogen) atoms. The van der Waals surface area contributed by atoms with Crippen LogP contribution < -0.4 is 10.6 Å². The summed E-state index contributed by atoms with van der Waals surface area (Å²) in [5, 5.41) is 6.20. The van der Waals surface area contributed by atoms with Crippen LogP contribution >= 0.6 is 0 Å². The lowest BCUT2D eigenvalue weighted by atomic mass is 9.62. The van der Waals surface area contributed by atoms with Gasteiger partial charge in [0.15, 0.2) is 6.23 Å². The lowest BCUT2D eigenvalue weighted by Crippen LogP contribution is -2.62. The number of hydrogen-bond acceptors (Lipinski definition) is 8. The number of alkyl carbamates (subject to hydrolysis) is 2. The molecule has 1 aliphatic carbocycles. The molecule has 10 nitrogen and oxygen atoms in total. The van der Waals surface area contributed by atoms with Gasteiger partial charge < -0.3 is 25.0 Å². The molecule has 6 aliphatic heterocycles. The lowest BCUT2D eigenvalue weighted by Gasteiger charge is -2.47. The topological polar surface area (TPSA) is 89.6 Å². The zero-order valence-corrected chi connectivity index (χ0v) is 22.5. The fourth-order valence-corrected chi connectivity index (χ4v) is 7.47. The van der Waals surface area contributed by atoms with Crippen LogP contribution in [-0.2, 0) is 9.47 Å². The summed E-state index contributed by atoms with van der Waals surface area (Å²) in [7, 11) is 0. The van der Waals surface area contributed by atoms with E-state index >= 15 is 0 Å². The predicted octanol–water partition coefficient (Wildman–Crippen LogP) is 1.37. The Hall–Kier alpha value is -1.62. The van der Waals surface area contributed by atoms with Crippen molar-refractivity contribution in [3.63, 3.8) is 0 Å². The monoisotopic (exact) mass is 506 g/mol. The second-order valence-corrected chi connectivity index (χ2v) is 12.9. The number of nitrogens with one attached hydrogen (secondary N) is 2. The summed E-state index contributed by atoms with van der Waals surface area (Å²) in [4.78, 5) is 35.0. The fraction of sp³-hybridized carbons (Fsp3) is 0.923. The van der Waals surface area contributed by atoms with Gasteiger partial charge in [0.25, 0.3) is 0 Å². The quantitative estimate of drug-likeness (QED) is 0.559. The average Bonchev–Trinajstić information content (AvgIpc) is 3.14. The summed E-state index contributed by atoms with van der Waals surface area (Å²) >= 11 is 0. The highest BCUT2D eigenvalue weighted by atomic mass is 16.6. The van der Waals surface area contributed by atoms with Crippen molar-refractivity contribution in [2.24, 2.45) is 10.8 Å². The van der Waals surface area contributed by atoms with Crippen LogP contribution in [0.3, 0.4) is 0 Å². The van der Waals surface area contributed by atoms with E-state index in [9.17, 15) is 9.59 Å². The van der Waals surface area contributed by atoms with Gasteiger partial charge in [0.1, 0.15) is 6.61 Å². The van der Waals surface area contributed by atoms with Gasteiger partial charge in [-0.3, -0.25) is 14.7 Å². The Kier molecular flexibility index (Phi) is 7.68. The minimum absolute atomic E-state index is 0.0181. The first-order chi connectivity index (χ1) is 17.2. The van der Waals surface area contributed by atoms with Crippen molar-refractivity contribution in [1.29, 1.82) is 0 Å². The van der Waals surface area contributed by atoms with Crippen LogP contribution in [0.1, 0.15) is 46.5 Å². The van der Waals surface area contributed by atoms with Gasteiger partial charge in [-0.05, 0) is 30.1 Å². The van der Waals surface area contributed by atoms with Crippen molar-refractivity contribution >= 4 is 12.2 Å². The van der Waals surface area contributed by atoms with Crippen LogP contribution in [0, 0.1) is 10.8 Å². The van der Waals surface area contributed by atoms with Crippen molar-refractivity contribution in [2.45, 2.75) is 64.8 Å². The molecule has 4 bridgehead atoms. The minimum Gasteiger partial charge on any atom is -0.448 e. The van der Waals surface area contributed by atoms with Crippen molar-refractivity contribution in [2.75, 3.05) is 78.6 Å². The van der Waals surface area contributed by atoms with Gasteiger partial charge in [-0.1, -0.05) is 20.8 Å². The van der Waals surface area contributed by atoms with Crippen LogP contribution in [0.25, 0.3) is 0 Å². The molecule has 2 N–H and O–H groups in total. The maximum atomic E-state index is 12.9. The number of hydrogen-bond donors (Lipinski definition) is 2. The molecule has 7 fully saturated rings. The Morgan fingerprint density at radius 2 is 1.56 bits per heavy atom. The van der Waals surface area contributed by atoms with Gasteiger partial charge in [0.2, 0.25) is 0 Å². The van der Waals surface area contributed by atoms with Crippen LogP contribution in [0.15, 0.2) is 0 Å². The van der Waals surface area contributed by atoms with Crippen LogP contribution in [-0.4, -0.2) is 129 Å². The number of nitrogens with zero attached hydrogens (tertiary/aromatic N) is 4. The van der Waals surface area contributed by atoms with E-state index < -0.39 is 0 Å². The summed E-state index contributed by atoms with van der Waals surface area (Å²) < 4.78 is 11.5. The van der Waals surface area contributed by atoms with Crippen LogP contribution in [0.4, 0.5) is 9.59 Å². The molecule has 10 heteroatoms. The number of carbonyl (C=O) groups is 2. The zero-order chi connectivity index (χ0) is 25.3. The lowest BCUT2D eigenvalue weighted by molar-refractivity contribution is -0.0182. The summed E-state index contributed by atoms with van der Waals surface area (Å²) in [6, 6.07) is 0.323. The van der Waals surface area contributed by atoms with E-state index in [1.165, 1.54) is 0 Å². The summed E-state index contributed by atoms with van der Waals surface area (Å²) in [6.45, 7) is 18.1. The molecule has 4 atom stereocenters. The maximum absolute atomic E-state index is 12.9. The fourth-order valence-electron chi connectivity index (χ4n) is 7.47. The van der Waals surface area contributed by atoms with Gasteiger partial charge >= 0.3 is 12.2 Å². The molecule has 6 heterocycles. The van der Waals surface area contributed by atoms with Gasteiger partial charge in [-0.25, -0.2) is 9.59 Å². The molecular formula is C26H46N6O4. The Morgan fingerprint density at radius 1 is 0.861 bits per heavy atom. The second-order valence-electron chi connectivity index (χ2n) is 12.9. The van der Waals surface area contributed by atoms with Crippen molar-refractivity contribution < 1.29 is 19.1 Å². The third kappa shape index (κ3) is 6.44. The van der Waals surface area contributed by atoms with E-state index in [2.05, 4.69) is 51.0 Å². The molecule has 0 spiro atoms. The molecule has 7 aliphatic rings. The molecule has 0 aromatic carbocycles. The Morgan fingerprint density at radius 3 is 2.25 bits per heavy atom. The summed E-state index contributed by atoms with van der Waals surface area (Å²) in [5.41, 5.74) is -0.0764. The summed E-state index contributed by atoms with van der Waals surface area (Å²) in [5.74, 6) is 0.